The molecule has 8 nitrogen and oxygen atoms in total. The number of aliphatic hydroxyl groups is 4. The number of hydrogen-bond donors (Lipinski definition) is 4. The van der Waals surface area contributed by atoms with Crippen molar-refractivity contribution < 1.29 is 39.5 Å². The normalized spacial score (nSPS) is 46.2. The predicted octanol–water partition coefficient (Wildman–Crippen LogP) is 6.23. The summed E-state index contributed by atoms with van der Waals surface area (Å²) in [6.07, 6.45) is 8.65. The van der Waals surface area contributed by atoms with Crippen LogP contribution < -0.4 is 0 Å². The Balaban J connectivity index is 1.59. The van der Waals surface area contributed by atoms with Crippen LogP contribution in [0.1, 0.15) is 107 Å². The molecule has 0 heterocycles. The van der Waals surface area contributed by atoms with Crippen LogP contribution in [0.15, 0.2) is 47.6 Å². The fraction of sp³-hybridized carbons (Fsp3) is 0.756. The van der Waals surface area contributed by atoms with E-state index in [-0.39, 0.29) is 41.2 Å². The van der Waals surface area contributed by atoms with Crippen LogP contribution >= 0.6 is 0 Å². The highest BCUT2D eigenvalue weighted by molar-refractivity contribution is 5.88. The van der Waals surface area contributed by atoms with Gasteiger partial charge in [0, 0.05) is 16.6 Å². The Morgan fingerprint density at radius 1 is 0.918 bits per heavy atom. The van der Waals surface area contributed by atoms with Crippen molar-refractivity contribution in [1.29, 1.82) is 0 Å². The molecular formula is C41H62O8. The molecule has 0 radical (unpaired) electrons. The van der Waals surface area contributed by atoms with E-state index in [1.165, 1.54) is 5.57 Å². The topological polar surface area (TPSA) is 134 Å². The lowest BCUT2D eigenvalue weighted by Crippen LogP contribution is -2.72. The minimum atomic E-state index is -1.26. The molecule has 0 amide bonds. The summed E-state index contributed by atoms with van der Waals surface area (Å²) in [6, 6.07) is 0. The second-order valence-corrected chi connectivity index (χ2v) is 17.7. The number of allylic oxidation sites excluding steroid dienone is 5. The SMILES string of the molecule is C=C[C@]12CC[C@H](O)[C@](C)(COC(=O)/C(C)=C\C)C1CC[C@]1(C)C2CC=C2C3CC(C)(C)[C@@H](O)[C@H](OC(=O)/C(C)=C\C)[C@]3(CO)[C@H](O)C[C@]21C. The molecular weight excluding hydrogens is 620 g/mol. The summed E-state index contributed by atoms with van der Waals surface area (Å²) in [6.45, 7) is 21.8. The highest BCUT2D eigenvalue weighted by Crippen LogP contribution is 2.76. The molecule has 4 N–H and O–H groups in total. The summed E-state index contributed by atoms with van der Waals surface area (Å²) in [5.41, 5.74) is -1.53. The first-order valence-electron chi connectivity index (χ1n) is 18.4. The van der Waals surface area contributed by atoms with Gasteiger partial charge in [-0.3, -0.25) is 0 Å². The predicted molar refractivity (Wildman–Crippen MR) is 189 cm³/mol. The van der Waals surface area contributed by atoms with E-state index in [0.29, 0.717) is 30.4 Å². The maximum atomic E-state index is 13.2. The number of aliphatic hydroxyl groups excluding tert-OH is 4. The van der Waals surface area contributed by atoms with Gasteiger partial charge in [-0.1, -0.05) is 64.5 Å². The smallest absolute Gasteiger partial charge is 0.333 e. The Kier molecular flexibility index (Phi) is 9.88. The van der Waals surface area contributed by atoms with E-state index in [9.17, 15) is 30.0 Å². The lowest BCUT2D eigenvalue weighted by molar-refractivity contribution is -0.261. The summed E-state index contributed by atoms with van der Waals surface area (Å²) in [4.78, 5) is 26.0. The molecule has 5 aliphatic carbocycles. The molecule has 12 atom stereocenters. The van der Waals surface area contributed by atoms with Crippen molar-refractivity contribution >= 4 is 11.9 Å². The molecule has 274 valence electrons. The summed E-state index contributed by atoms with van der Waals surface area (Å²) in [5.74, 6) is -1.06. The molecule has 0 aromatic heterocycles. The van der Waals surface area contributed by atoms with Gasteiger partial charge < -0.3 is 29.9 Å². The van der Waals surface area contributed by atoms with Crippen molar-refractivity contribution in [3.8, 4) is 0 Å². The lowest BCUT2D eigenvalue weighted by Gasteiger charge is -2.72. The molecule has 0 aliphatic heterocycles. The van der Waals surface area contributed by atoms with Crippen molar-refractivity contribution in [2.75, 3.05) is 13.2 Å². The monoisotopic (exact) mass is 682 g/mol. The molecule has 5 aliphatic rings. The van der Waals surface area contributed by atoms with E-state index in [0.717, 1.165) is 25.7 Å². The lowest BCUT2D eigenvalue weighted by atomic mass is 9.32. The number of carbonyl (C=O) groups excluding carboxylic acids is 2. The fourth-order valence-corrected chi connectivity index (χ4v) is 11.8. The Morgan fingerprint density at radius 3 is 2.14 bits per heavy atom. The molecule has 0 bridgehead atoms. The van der Waals surface area contributed by atoms with Gasteiger partial charge >= 0.3 is 11.9 Å². The summed E-state index contributed by atoms with van der Waals surface area (Å²) < 4.78 is 12.0. The van der Waals surface area contributed by atoms with Crippen LogP contribution in [0.4, 0.5) is 0 Å². The van der Waals surface area contributed by atoms with Gasteiger partial charge in [0.2, 0.25) is 0 Å². The fourth-order valence-electron chi connectivity index (χ4n) is 11.8. The van der Waals surface area contributed by atoms with Gasteiger partial charge in [-0.2, -0.15) is 0 Å². The van der Waals surface area contributed by atoms with Gasteiger partial charge in [0.1, 0.15) is 6.10 Å². The minimum absolute atomic E-state index is 0.0315. The van der Waals surface area contributed by atoms with Crippen molar-refractivity contribution in [1.82, 2.24) is 0 Å². The first-order chi connectivity index (χ1) is 22.8. The second-order valence-electron chi connectivity index (χ2n) is 17.7. The van der Waals surface area contributed by atoms with Crippen LogP contribution in [0.2, 0.25) is 0 Å². The molecule has 0 aromatic carbocycles. The highest BCUT2D eigenvalue weighted by atomic mass is 16.6. The van der Waals surface area contributed by atoms with Gasteiger partial charge in [-0.15, -0.1) is 6.58 Å². The molecule has 5 rings (SSSR count). The van der Waals surface area contributed by atoms with E-state index in [1.807, 2.05) is 20.8 Å². The largest absolute Gasteiger partial charge is 0.462 e. The first-order valence-corrected chi connectivity index (χ1v) is 18.4. The van der Waals surface area contributed by atoms with Gasteiger partial charge in [0.25, 0.3) is 0 Å². The summed E-state index contributed by atoms with van der Waals surface area (Å²) in [7, 11) is 0. The quantitative estimate of drug-likeness (QED) is 0.141. The molecule has 0 aromatic rings. The van der Waals surface area contributed by atoms with Crippen LogP contribution in [0.5, 0.6) is 0 Å². The Morgan fingerprint density at radius 2 is 1.55 bits per heavy atom. The van der Waals surface area contributed by atoms with E-state index in [1.54, 1.807) is 32.9 Å². The average Bonchev–Trinajstić information content (AvgIpc) is 3.06. The molecule has 4 saturated carbocycles. The van der Waals surface area contributed by atoms with Crippen LogP contribution in [0.3, 0.4) is 0 Å². The third-order valence-electron chi connectivity index (χ3n) is 15.4. The number of rotatable bonds is 7. The van der Waals surface area contributed by atoms with E-state index in [4.69, 9.17) is 9.47 Å². The molecule has 3 unspecified atom stereocenters. The Bertz CT molecular complexity index is 1440. The average molecular weight is 683 g/mol. The third kappa shape index (κ3) is 5.20. The number of esters is 2. The first kappa shape index (κ1) is 38.0. The zero-order valence-corrected chi connectivity index (χ0v) is 31.3. The Labute approximate surface area is 293 Å². The molecule has 0 saturated heterocycles. The van der Waals surface area contributed by atoms with Gasteiger partial charge in [-0.25, -0.2) is 9.59 Å². The van der Waals surface area contributed by atoms with Crippen LogP contribution in [0.25, 0.3) is 0 Å². The number of hydrogen-bond acceptors (Lipinski definition) is 8. The minimum Gasteiger partial charge on any atom is -0.462 e. The molecule has 4 fully saturated rings. The maximum absolute atomic E-state index is 13.2. The van der Waals surface area contributed by atoms with Crippen molar-refractivity contribution in [3.63, 3.8) is 0 Å². The van der Waals surface area contributed by atoms with E-state index >= 15 is 0 Å². The number of fused-ring (bicyclic) bond motifs is 7. The summed E-state index contributed by atoms with van der Waals surface area (Å²) in [5, 5.41) is 46.9. The van der Waals surface area contributed by atoms with Crippen LogP contribution in [-0.4, -0.2) is 70.0 Å². The van der Waals surface area contributed by atoms with E-state index < -0.39 is 58.7 Å². The van der Waals surface area contributed by atoms with Gasteiger partial charge in [0.15, 0.2) is 0 Å². The van der Waals surface area contributed by atoms with Crippen molar-refractivity contribution in [2.45, 2.75) is 132 Å². The highest BCUT2D eigenvalue weighted by Gasteiger charge is 2.73. The Hall–Kier alpha value is -2.26. The zero-order chi connectivity index (χ0) is 36.5. The van der Waals surface area contributed by atoms with E-state index in [2.05, 4.69) is 39.5 Å². The maximum Gasteiger partial charge on any atom is 0.333 e. The molecule has 8 heteroatoms. The second kappa shape index (κ2) is 12.8. The van der Waals surface area contributed by atoms with Gasteiger partial charge in [-0.05, 0) is 112 Å². The zero-order valence-electron chi connectivity index (χ0n) is 31.3. The third-order valence-corrected chi connectivity index (χ3v) is 15.4. The number of ether oxygens (including phenoxy) is 2. The van der Waals surface area contributed by atoms with Crippen LogP contribution in [-0.2, 0) is 19.1 Å². The van der Waals surface area contributed by atoms with Crippen LogP contribution in [0, 0.1) is 50.2 Å². The van der Waals surface area contributed by atoms with Crippen molar-refractivity contribution in [2.24, 2.45) is 50.2 Å². The summed E-state index contributed by atoms with van der Waals surface area (Å²) >= 11 is 0. The molecule has 0 spiro atoms. The standard InChI is InChI=1S/C41H62O8/c1-11-24(4)34(46)48-23-37(8)28-16-18-38(9)29(40(28,13-3)19-17-30(37)43)15-14-26-27-20-36(6,7)32(45)33(49-35(47)25(5)12-2)41(27,22-42)31(44)21-39(26,38)10/h11-14,27-33,42-45H,3,15-23H2,1-2,4-10H3/b24-11-,25-12-/t27?,28?,29?,30-,31+,32-,33-,37+,38+,39+,40-,41-/m0/s1. The molecule has 49 heavy (non-hydrogen) atoms. The van der Waals surface area contributed by atoms with Gasteiger partial charge in [0.05, 0.1) is 36.9 Å². The van der Waals surface area contributed by atoms with Crippen molar-refractivity contribution in [3.05, 3.63) is 47.6 Å². The number of carbonyl (C=O) groups is 2.